The van der Waals surface area contributed by atoms with Crippen molar-refractivity contribution in [2.75, 3.05) is 11.9 Å². The van der Waals surface area contributed by atoms with E-state index in [-0.39, 0.29) is 10.7 Å². The number of nitrogens with one attached hydrogen (secondary N) is 2. The molecule has 0 saturated heterocycles. The number of urea groups is 1. The van der Waals surface area contributed by atoms with Crippen LogP contribution in [0.5, 0.6) is 0 Å². The van der Waals surface area contributed by atoms with E-state index >= 15 is 0 Å². The first-order valence-corrected chi connectivity index (χ1v) is 5.56. The van der Waals surface area contributed by atoms with E-state index in [1.54, 1.807) is 0 Å². The fraction of sp³-hybridized carbons (Fsp3) is 0.273. The van der Waals surface area contributed by atoms with E-state index in [9.17, 15) is 19.1 Å². The maximum atomic E-state index is 13.3. The lowest BCUT2D eigenvalue weighted by molar-refractivity contribution is -0.155. The summed E-state index contributed by atoms with van der Waals surface area (Å²) in [5.41, 5.74) is -2.26. The number of hydrogen-bond acceptors (Lipinski definition) is 3. The van der Waals surface area contributed by atoms with E-state index in [0.717, 1.165) is 13.0 Å². The summed E-state index contributed by atoms with van der Waals surface area (Å²) in [6.07, 6.45) is 0. The molecule has 104 valence electrons. The molecule has 1 unspecified atom stereocenters. The number of hydrogen-bond donors (Lipinski definition) is 4. The van der Waals surface area contributed by atoms with Crippen molar-refractivity contribution in [1.29, 1.82) is 0 Å². The molecule has 1 rings (SSSR count). The summed E-state index contributed by atoms with van der Waals surface area (Å²) in [5, 5.41) is 22.5. The second kappa shape index (κ2) is 5.85. The van der Waals surface area contributed by atoms with Crippen molar-refractivity contribution in [2.45, 2.75) is 12.5 Å². The lowest BCUT2D eigenvalue weighted by atomic mass is 10.1. The first-order chi connectivity index (χ1) is 8.72. The van der Waals surface area contributed by atoms with Gasteiger partial charge in [-0.3, -0.25) is 0 Å². The Morgan fingerprint density at radius 3 is 2.68 bits per heavy atom. The number of halogens is 2. The molecule has 1 aromatic rings. The van der Waals surface area contributed by atoms with Gasteiger partial charge in [-0.2, -0.15) is 0 Å². The van der Waals surface area contributed by atoms with Gasteiger partial charge in [0, 0.05) is 5.02 Å². The van der Waals surface area contributed by atoms with Crippen molar-refractivity contribution in [2.24, 2.45) is 0 Å². The van der Waals surface area contributed by atoms with Crippen molar-refractivity contribution >= 4 is 29.3 Å². The van der Waals surface area contributed by atoms with Crippen LogP contribution in [0.3, 0.4) is 0 Å². The van der Waals surface area contributed by atoms with Crippen LogP contribution in [0.25, 0.3) is 0 Å². The largest absolute Gasteiger partial charge is 0.479 e. The monoisotopic (exact) mass is 290 g/mol. The Labute approximate surface area is 113 Å². The molecule has 6 nitrogen and oxygen atoms in total. The Kier molecular flexibility index (Phi) is 4.68. The van der Waals surface area contributed by atoms with Gasteiger partial charge in [0.15, 0.2) is 5.60 Å². The second-order valence-electron chi connectivity index (χ2n) is 4.01. The lowest BCUT2D eigenvalue weighted by Gasteiger charge is -2.18. The van der Waals surface area contributed by atoms with Crippen LogP contribution in [0.2, 0.25) is 5.02 Å². The predicted octanol–water partition coefficient (Wildman–Crippen LogP) is 1.44. The summed E-state index contributed by atoms with van der Waals surface area (Å²) < 4.78 is 13.3. The van der Waals surface area contributed by atoms with E-state index in [0.29, 0.717) is 0 Å². The van der Waals surface area contributed by atoms with Crippen LogP contribution in [0.15, 0.2) is 18.2 Å². The highest BCUT2D eigenvalue weighted by molar-refractivity contribution is 6.30. The minimum absolute atomic E-state index is 0.153. The van der Waals surface area contributed by atoms with E-state index < -0.39 is 30.0 Å². The maximum absolute atomic E-state index is 13.3. The van der Waals surface area contributed by atoms with Crippen molar-refractivity contribution < 1.29 is 24.2 Å². The molecule has 4 N–H and O–H groups in total. The minimum Gasteiger partial charge on any atom is -0.479 e. The molecule has 19 heavy (non-hydrogen) atoms. The van der Waals surface area contributed by atoms with Crippen LogP contribution in [0, 0.1) is 5.82 Å². The van der Waals surface area contributed by atoms with E-state index in [1.165, 1.54) is 12.1 Å². The molecular weight excluding hydrogens is 279 g/mol. The van der Waals surface area contributed by atoms with Gasteiger partial charge in [-0.1, -0.05) is 11.6 Å². The number of rotatable bonds is 4. The highest BCUT2D eigenvalue weighted by Crippen LogP contribution is 2.19. The van der Waals surface area contributed by atoms with Gasteiger partial charge >= 0.3 is 12.0 Å². The third-order valence-electron chi connectivity index (χ3n) is 2.23. The SMILES string of the molecule is CC(O)(CNC(=O)Nc1cc(Cl)ccc1F)C(=O)O. The predicted molar refractivity (Wildman–Crippen MR) is 66.7 cm³/mol. The molecule has 0 heterocycles. The molecule has 0 aliphatic carbocycles. The van der Waals surface area contributed by atoms with Crippen LogP contribution in [-0.4, -0.2) is 34.4 Å². The Morgan fingerprint density at radius 1 is 1.47 bits per heavy atom. The summed E-state index contributed by atoms with van der Waals surface area (Å²) in [5.74, 6) is -2.17. The number of benzene rings is 1. The van der Waals surface area contributed by atoms with Crippen molar-refractivity contribution in [1.82, 2.24) is 5.32 Å². The zero-order valence-corrected chi connectivity index (χ0v) is 10.7. The average Bonchev–Trinajstić information content (AvgIpc) is 2.31. The zero-order chi connectivity index (χ0) is 14.6. The Hall–Kier alpha value is -1.86. The van der Waals surface area contributed by atoms with Crippen molar-refractivity contribution in [3.05, 3.63) is 29.0 Å². The smallest absolute Gasteiger partial charge is 0.337 e. The summed E-state index contributed by atoms with van der Waals surface area (Å²) in [6, 6.07) is 2.73. The van der Waals surface area contributed by atoms with Gasteiger partial charge in [-0.15, -0.1) is 0 Å². The molecule has 0 aliphatic heterocycles. The normalized spacial score (nSPS) is 13.5. The maximum Gasteiger partial charge on any atom is 0.337 e. The quantitative estimate of drug-likeness (QED) is 0.674. The summed E-state index contributed by atoms with van der Waals surface area (Å²) in [4.78, 5) is 22.0. The van der Waals surface area contributed by atoms with Gasteiger partial charge in [0.1, 0.15) is 5.82 Å². The Morgan fingerprint density at radius 2 is 2.11 bits per heavy atom. The standard InChI is InChI=1S/C11H12ClFN2O4/c1-11(19,9(16)17)5-14-10(18)15-8-4-6(12)2-3-7(8)13/h2-4,19H,5H2,1H3,(H,16,17)(H2,14,15,18). The third kappa shape index (κ3) is 4.38. The van der Waals surface area contributed by atoms with Gasteiger partial charge < -0.3 is 20.8 Å². The topological polar surface area (TPSA) is 98.7 Å². The second-order valence-corrected chi connectivity index (χ2v) is 4.45. The van der Waals surface area contributed by atoms with Gasteiger partial charge in [0.25, 0.3) is 0 Å². The van der Waals surface area contributed by atoms with Gasteiger partial charge in [0.05, 0.1) is 12.2 Å². The minimum atomic E-state index is -2.11. The van der Waals surface area contributed by atoms with Crippen molar-refractivity contribution in [3.8, 4) is 0 Å². The molecule has 1 atom stereocenters. The first kappa shape index (κ1) is 15.2. The zero-order valence-electron chi connectivity index (χ0n) is 9.91. The lowest BCUT2D eigenvalue weighted by Crippen LogP contribution is -2.47. The fourth-order valence-corrected chi connectivity index (χ4v) is 1.26. The van der Waals surface area contributed by atoms with Crippen LogP contribution < -0.4 is 10.6 Å². The number of carboxylic acid groups (broad SMARTS) is 1. The molecule has 0 aliphatic rings. The molecule has 8 heteroatoms. The van der Waals surface area contributed by atoms with Gasteiger partial charge in [0.2, 0.25) is 0 Å². The molecule has 0 spiro atoms. The third-order valence-corrected chi connectivity index (χ3v) is 2.47. The number of carboxylic acids is 1. The Bertz CT molecular complexity index is 507. The Balaban J connectivity index is 2.61. The van der Waals surface area contributed by atoms with Crippen LogP contribution in [0.4, 0.5) is 14.9 Å². The molecule has 0 aromatic heterocycles. The summed E-state index contributed by atoms with van der Waals surface area (Å²) >= 11 is 5.64. The molecule has 0 bridgehead atoms. The first-order valence-electron chi connectivity index (χ1n) is 5.18. The fourth-order valence-electron chi connectivity index (χ4n) is 1.09. The number of carbonyl (C=O) groups is 2. The number of anilines is 1. The van der Waals surface area contributed by atoms with E-state index in [4.69, 9.17) is 16.7 Å². The highest BCUT2D eigenvalue weighted by atomic mass is 35.5. The average molecular weight is 291 g/mol. The number of carbonyl (C=O) groups excluding carboxylic acids is 1. The molecule has 0 saturated carbocycles. The molecule has 2 amide bonds. The van der Waals surface area contributed by atoms with E-state index in [2.05, 4.69) is 10.6 Å². The number of amides is 2. The van der Waals surface area contributed by atoms with Crippen molar-refractivity contribution in [3.63, 3.8) is 0 Å². The summed E-state index contributed by atoms with van der Waals surface area (Å²) in [7, 11) is 0. The van der Waals surface area contributed by atoms with E-state index in [1.807, 2.05) is 0 Å². The number of aliphatic carboxylic acids is 1. The highest BCUT2D eigenvalue weighted by Gasteiger charge is 2.30. The molecule has 0 fully saturated rings. The molecule has 1 aromatic carbocycles. The van der Waals surface area contributed by atoms with Crippen LogP contribution in [-0.2, 0) is 4.79 Å². The molecular formula is C11H12ClFN2O4. The molecule has 0 radical (unpaired) electrons. The van der Waals surface area contributed by atoms with Crippen LogP contribution in [0.1, 0.15) is 6.92 Å². The van der Waals surface area contributed by atoms with Crippen LogP contribution >= 0.6 is 11.6 Å². The van der Waals surface area contributed by atoms with Gasteiger partial charge in [-0.05, 0) is 25.1 Å². The van der Waals surface area contributed by atoms with Gasteiger partial charge in [-0.25, -0.2) is 14.0 Å². The summed E-state index contributed by atoms with van der Waals surface area (Å²) in [6.45, 7) is 0.492. The number of aliphatic hydroxyl groups is 1.